The van der Waals surface area contributed by atoms with Gasteiger partial charge in [-0.2, -0.15) is 16.1 Å². The molecule has 1 aliphatic heterocycles. The van der Waals surface area contributed by atoms with Gasteiger partial charge in [-0.3, -0.25) is 0 Å². The minimum absolute atomic E-state index is 0.184. The molecule has 1 heterocycles. The highest BCUT2D eigenvalue weighted by Crippen LogP contribution is 2.37. The summed E-state index contributed by atoms with van der Waals surface area (Å²) in [5, 5.41) is 0.314. The molecule has 0 aliphatic carbocycles. The van der Waals surface area contributed by atoms with E-state index in [1.165, 1.54) is 12.7 Å². The maximum atomic E-state index is 13.2. The summed E-state index contributed by atoms with van der Waals surface area (Å²) in [7, 11) is -0.609. The smallest absolute Gasteiger partial charge is 0.246 e. The average Bonchev–Trinajstić information content (AvgIpc) is 2.95. The minimum atomic E-state index is -3.62. The molecule has 0 saturated carbocycles. The Balaban J connectivity index is 1.82. The van der Waals surface area contributed by atoms with Crippen LogP contribution < -0.4 is 9.47 Å². The maximum Gasteiger partial charge on any atom is 0.246 e. The van der Waals surface area contributed by atoms with E-state index in [0.717, 1.165) is 12.2 Å². The Morgan fingerprint density at radius 3 is 2.50 bits per heavy atom. The lowest BCUT2D eigenvalue weighted by Crippen LogP contribution is -2.33. The number of benzene rings is 2. The van der Waals surface area contributed by atoms with E-state index in [1.54, 1.807) is 29.6 Å². The molecule has 0 N–H and O–H groups in total. The van der Waals surface area contributed by atoms with Crippen molar-refractivity contribution in [3.8, 4) is 11.5 Å². The molecule has 140 valence electrons. The van der Waals surface area contributed by atoms with Gasteiger partial charge >= 0.3 is 0 Å². The predicted molar refractivity (Wildman–Crippen MR) is 105 cm³/mol. The van der Waals surface area contributed by atoms with Gasteiger partial charge in [0.05, 0.1) is 14.2 Å². The van der Waals surface area contributed by atoms with Gasteiger partial charge in [0.2, 0.25) is 10.0 Å². The van der Waals surface area contributed by atoms with Crippen LogP contribution >= 0.6 is 11.8 Å². The summed E-state index contributed by atoms with van der Waals surface area (Å²) < 4.78 is 38.3. The van der Waals surface area contributed by atoms with Gasteiger partial charge < -0.3 is 9.47 Å². The molecule has 0 spiro atoms. The van der Waals surface area contributed by atoms with E-state index in [1.807, 2.05) is 30.0 Å². The number of rotatable bonds is 5. The van der Waals surface area contributed by atoms with Gasteiger partial charge in [-0.15, -0.1) is 0 Å². The fraction of sp³-hybridized carbons (Fsp3) is 0.368. The number of methoxy groups -OCH3 is 2. The molecule has 2 aromatic carbocycles. The zero-order chi connectivity index (χ0) is 18.6. The first kappa shape index (κ1) is 19.1. The third-order valence-corrected chi connectivity index (χ3v) is 7.73. The van der Waals surface area contributed by atoms with Gasteiger partial charge in [0.25, 0.3) is 0 Å². The topological polar surface area (TPSA) is 55.8 Å². The van der Waals surface area contributed by atoms with Crippen LogP contribution in [0.4, 0.5) is 0 Å². The molecule has 0 bridgehead atoms. The van der Waals surface area contributed by atoms with Gasteiger partial charge in [-0.25, -0.2) is 8.42 Å². The van der Waals surface area contributed by atoms with Crippen molar-refractivity contribution in [1.29, 1.82) is 0 Å². The highest BCUT2D eigenvalue weighted by atomic mass is 32.2. The second-order valence-electron chi connectivity index (χ2n) is 5.98. The molecule has 26 heavy (non-hydrogen) atoms. The predicted octanol–water partition coefficient (Wildman–Crippen LogP) is 3.57. The highest BCUT2D eigenvalue weighted by Gasteiger charge is 2.30. The molecule has 1 fully saturated rings. The zero-order valence-corrected chi connectivity index (χ0v) is 16.6. The Morgan fingerprint density at radius 2 is 1.81 bits per heavy atom. The van der Waals surface area contributed by atoms with E-state index in [9.17, 15) is 8.42 Å². The van der Waals surface area contributed by atoms with E-state index in [4.69, 9.17) is 9.47 Å². The van der Waals surface area contributed by atoms with Gasteiger partial charge in [-0.1, -0.05) is 30.3 Å². The number of hydrogen-bond donors (Lipinski definition) is 0. The van der Waals surface area contributed by atoms with Crippen molar-refractivity contribution in [2.45, 2.75) is 16.6 Å². The van der Waals surface area contributed by atoms with E-state index in [0.29, 0.717) is 29.8 Å². The molecule has 1 saturated heterocycles. The molecule has 1 atom stereocenters. The average molecular weight is 394 g/mol. The molecular formula is C19H23NO4S2. The highest BCUT2D eigenvalue weighted by molar-refractivity contribution is 7.99. The molecule has 2 aromatic rings. The van der Waals surface area contributed by atoms with E-state index >= 15 is 0 Å². The summed E-state index contributed by atoms with van der Waals surface area (Å²) in [6.45, 7) is 0.982. The maximum absolute atomic E-state index is 13.2. The molecule has 0 amide bonds. The zero-order valence-electron chi connectivity index (χ0n) is 14.9. The van der Waals surface area contributed by atoms with Crippen LogP contribution in [0.1, 0.15) is 17.2 Å². The summed E-state index contributed by atoms with van der Waals surface area (Å²) in [4.78, 5) is 0.184. The summed E-state index contributed by atoms with van der Waals surface area (Å²) in [6, 6.07) is 15.1. The molecule has 7 heteroatoms. The van der Waals surface area contributed by atoms with Crippen LogP contribution in [0.3, 0.4) is 0 Å². The van der Waals surface area contributed by atoms with Gasteiger partial charge in [0, 0.05) is 30.2 Å². The van der Waals surface area contributed by atoms with Crippen LogP contribution in [0.5, 0.6) is 11.5 Å². The summed E-state index contributed by atoms with van der Waals surface area (Å²) in [5.41, 5.74) is 1.25. The van der Waals surface area contributed by atoms with Gasteiger partial charge in [0.15, 0.2) is 0 Å². The molecule has 5 nitrogen and oxygen atoms in total. The first-order valence-electron chi connectivity index (χ1n) is 8.45. The first-order chi connectivity index (χ1) is 12.6. The lowest BCUT2D eigenvalue weighted by molar-refractivity contribution is 0.380. The quantitative estimate of drug-likeness (QED) is 0.777. The summed E-state index contributed by atoms with van der Waals surface area (Å²) in [6.07, 6.45) is 0.784. The monoisotopic (exact) mass is 393 g/mol. The van der Waals surface area contributed by atoms with Crippen LogP contribution in [0, 0.1) is 0 Å². The molecule has 3 rings (SSSR count). The Labute approximate surface area is 159 Å². The molecular weight excluding hydrogens is 370 g/mol. The number of hydrogen-bond acceptors (Lipinski definition) is 5. The number of nitrogens with zero attached hydrogens (tertiary/aromatic N) is 1. The Hall–Kier alpha value is -1.70. The van der Waals surface area contributed by atoms with Crippen molar-refractivity contribution in [2.24, 2.45) is 0 Å². The fourth-order valence-electron chi connectivity index (χ4n) is 3.05. The van der Waals surface area contributed by atoms with E-state index in [-0.39, 0.29) is 4.90 Å². The first-order valence-corrected chi connectivity index (χ1v) is 10.9. The van der Waals surface area contributed by atoms with Crippen molar-refractivity contribution < 1.29 is 17.9 Å². The van der Waals surface area contributed by atoms with E-state index < -0.39 is 10.0 Å². The normalized spacial score (nSPS) is 18.9. The minimum Gasteiger partial charge on any atom is -0.497 e. The van der Waals surface area contributed by atoms with Crippen molar-refractivity contribution in [3.63, 3.8) is 0 Å². The summed E-state index contributed by atoms with van der Waals surface area (Å²) >= 11 is 1.81. The Bertz CT molecular complexity index is 840. The van der Waals surface area contributed by atoms with Gasteiger partial charge in [0.1, 0.15) is 16.4 Å². The van der Waals surface area contributed by atoms with Crippen molar-refractivity contribution >= 4 is 21.8 Å². The number of ether oxygens (including phenoxy) is 2. The van der Waals surface area contributed by atoms with Crippen molar-refractivity contribution in [2.75, 3.05) is 33.1 Å². The lowest BCUT2D eigenvalue weighted by atomic mass is 10.1. The third-order valence-electron chi connectivity index (χ3n) is 4.46. The Morgan fingerprint density at radius 1 is 1.04 bits per heavy atom. The Kier molecular flexibility index (Phi) is 6.11. The SMILES string of the molecule is COc1ccc(S(=O)(=O)N2CCSC(c3ccccc3)CC2)c(OC)c1. The van der Waals surface area contributed by atoms with Crippen molar-refractivity contribution in [1.82, 2.24) is 4.31 Å². The fourth-order valence-corrected chi connectivity index (χ4v) is 5.99. The van der Waals surface area contributed by atoms with Crippen LogP contribution in [0.15, 0.2) is 53.4 Å². The molecule has 1 aliphatic rings. The number of thioether (sulfide) groups is 1. The standard InChI is InChI=1S/C19H23NO4S2/c1-23-16-8-9-19(17(14-16)24-2)26(21,22)20-11-10-18(25-13-12-20)15-6-4-3-5-7-15/h3-9,14,18H,10-13H2,1-2H3. The van der Waals surface area contributed by atoms with Gasteiger partial charge in [-0.05, 0) is 24.1 Å². The van der Waals surface area contributed by atoms with Crippen LogP contribution in [-0.4, -0.2) is 45.8 Å². The second kappa shape index (κ2) is 8.33. The van der Waals surface area contributed by atoms with Crippen LogP contribution in [0.25, 0.3) is 0 Å². The lowest BCUT2D eigenvalue weighted by Gasteiger charge is -2.21. The molecule has 1 unspecified atom stereocenters. The third kappa shape index (κ3) is 4.00. The largest absolute Gasteiger partial charge is 0.497 e. The summed E-state index contributed by atoms with van der Waals surface area (Å²) in [5.74, 6) is 1.63. The number of sulfonamides is 1. The molecule has 0 aromatic heterocycles. The second-order valence-corrected chi connectivity index (χ2v) is 9.20. The van der Waals surface area contributed by atoms with Crippen LogP contribution in [0.2, 0.25) is 0 Å². The van der Waals surface area contributed by atoms with Crippen molar-refractivity contribution in [3.05, 3.63) is 54.1 Å². The van der Waals surface area contributed by atoms with E-state index in [2.05, 4.69) is 12.1 Å². The van der Waals surface area contributed by atoms with Crippen LogP contribution in [-0.2, 0) is 10.0 Å². The molecule has 0 radical (unpaired) electrons.